The SMILES string of the molecule is CCCC(CC)(CC)CO[C@H]1C[C@H](O)C=C2C=C[C@@H](C)[C@H](CC[C@@H](O)C[C@@H](O)CC(=O)O)[C@H]21. The lowest BCUT2D eigenvalue weighted by Crippen LogP contribution is -2.43. The number of carboxylic acids is 1. The standard InChI is InChI=1S/C27H46O6/c1-5-12-27(6-2,7-3)17-33-24-15-21(29)13-19-9-8-18(4)23(26(19)24)11-10-20(28)14-22(30)16-25(31)32/h8-9,13,18,20-24,26,28-30H,5-7,10-12,14-17H2,1-4H3,(H,31,32)/t18-,20-,21-,22-,23+,24+,26+/m1/s1. The van der Waals surface area contributed by atoms with E-state index >= 15 is 0 Å². The predicted molar refractivity (Wildman–Crippen MR) is 130 cm³/mol. The maximum absolute atomic E-state index is 10.8. The van der Waals surface area contributed by atoms with Crippen molar-refractivity contribution < 1.29 is 30.0 Å². The lowest BCUT2D eigenvalue weighted by atomic mass is 9.66. The topological polar surface area (TPSA) is 107 Å². The van der Waals surface area contributed by atoms with Gasteiger partial charge in [-0.25, -0.2) is 0 Å². The van der Waals surface area contributed by atoms with E-state index in [2.05, 4.69) is 39.8 Å². The third-order valence-electron chi connectivity index (χ3n) is 8.04. The van der Waals surface area contributed by atoms with Gasteiger partial charge in [0.15, 0.2) is 0 Å². The van der Waals surface area contributed by atoms with Crippen LogP contribution in [-0.2, 0) is 9.53 Å². The summed E-state index contributed by atoms with van der Waals surface area (Å²) < 4.78 is 6.61. The van der Waals surface area contributed by atoms with Gasteiger partial charge in [0.1, 0.15) is 0 Å². The molecule has 6 nitrogen and oxygen atoms in total. The van der Waals surface area contributed by atoms with Gasteiger partial charge in [-0.3, -0.25) is 4.79 Å². The van der Waals surface area contributed by atoms with E-state index in [-0.39, 0.29) is 36.2 Å². The fraction of sp³-hybridized carbons (Fsp3) is 0.815. The summed E-state index contributed by atoms with van der Waals surface area (Å²) in [6, 6.07) is 0. The molecule has 2 aliphatic carbocycles. The number of ether oxygens (including phenoxy) is 1. The summed E-state index contributed by atoms with van der Waals surface area (Å²) in [6.45, 7) is 9.57. The quantitative estimate of drug-likeness (QED) is 0.301. The molecule has 0 spiro atoms. The van der Waals surface area contributed by atoms with Gasteiger partial charge in [0.25, 0.3) is 0 Å². The molecule has 33 heavy (non-hydrogen) atoms. The number of fused-ring (bicyclic) bond motifs is 1. The second-order valence-corrected chi connectivity index (χ2v) is 10.4. The van der Waals surface area contributed by atoms with Crippen LogP contribution in [0.25, 0.3) is 0 Å². The summed E-state index contributed by atoms with van der Waals surface area (Å²) >= 11 is 0. The molecule has 0 aromatic rings. The van der Waals surface area contributed by atoms with Crippen LogP contribution in [0.3, 0.4) is 0 Å². The Bertz CT molecular complexity index is 668. The number of aliphatic hydroxyl groups is 3. The maximum atomic E-state index is 10.8. The zero-order valence-electron chi connectivity index (χ0n) is 20.9. The maximum Gasteiger partial charge on any atom is 0.305 e. The molecule has 7 atom stereocenters. The smallest absolute Gasteiger partial charge is 0.305 e. The molecule has 0 unspecified atom stereocenters. The Morgan fingerprint density at radius 2 is 1.91 bits per heavy atom. The average Bonchev–Trinajstić information content (AvgIpc) is 2.75. The van der Waals surface area contributed by atoms with Crippen LogP contribution in [-0.4, -0.2) is 57.4 Å². The highest BCUT2D eigenvalue weighted by Crippen LogP contribution is 2.45. The highest BCUT2D eigenvalue weighted by molar-refractivity contribution is 5.67. The van der Waals surface area contributed by atoms with E-state index in [9.17, 15) is 20.1 Å². The minimum atomic E-state index is -1.06. The lowest BCUT2D eigenvalue weighted by molar-refractivity contribution is -0.139. The third kappa shape index (κ3) is 7.91. The monoisotopic (exact) mass is 466 g/mol. The molecule has 0 radical (unpaired) electrons. The van der Waals surface area contributed by atoms with Crippen molar-refractivity contribution in [1.29, 1.82) is 0 Å². The van der Waals surface area contributed by atoms with Crippen molar-refractivity contribution in [2.24, 2.45) is 23.2 Å². The number of aliphatic carboxylic acids is 1. The van der Waals surface area contributed by atoms with Gasteiger partial charge < -0.3 is 25.2 Å². The van der Waals surface area contributed by atoms with Crippen LogP contribution >= 0.6 is 0 Å². The fourth-order valence-corrected chi connectivity index (χ4v) is 5.83. The number of aliphatic hydroxyl groups excluding tert-OH is 3. The molecule has 0 bridgehead atoms. The normalized spacial score (nSPS) is 29.3. The molecule has 2 aliphatic rings. The molecule has 190 valence electrons. The molecule has 0 fully saturated rings. The number of hydrogen-bond donors (Lipinski definition) is 4. The van der Waals surface area contributed by atoms with Gasteiger partial charge in [-0.05, 0) is 61.3 Å². The Balaban J connectivity index is 2.11. The number of rotatable bonds is 14. The second-order valence-electron chi connectivity index (χ2n) is 10.4. The van der Waals surface area contributed by atoms with E-state index in [0.29, 0.717) is 25.4 Å². The molecule has 0 amide bonds. The first-order valence-corrected chi connectivity index (χ1v) is 12.9. The van der Waals surface area contributed by atoms with Gasteiger partial charge in [-0.2, -0.15) is 0 Å². The van der Waals surface area contributed by atoms with Gasteiger partial charge >= 0.3 is 5.97 Å². The van der Waals surface area contributed by atoms with E-state index in [1.165, 1.54) is 0 Å². The molecule has 0 aliphatic heterocycles. The van der Waals surface area contributed by atoms with Crippen LogP contribution in [0.1, 0.15) is 85.5 Å². The van der Waals surface area contributed by atoms with Gasteiger partial charge in [-0.1, -0.05) is 52.3 Å². The first-order valence-electron chi connectivity index (χ1n) is 12.9. The molecule has 6 heteroatoms. The zero-order chi connectivity index (χ0) is 24.6. The number of hydrogen-bond acceptors (Lipinski definition) is 5. The number of allylic oxidation sites excluding steroid dienone is 2. The molecule has 0 saturated heterocycles. The van der Waals surface area contributed by atoms with E-state index in [1.807, 2.05) is 6.08 Å². The fourth-order valence-electron chi connectivity index (χ4n) is 5.83. The summed E-state index contributed by atoms with van der Waals surface area (Å²) in [7, 11) is 0. The molecule has 4 N–H and O–H groups in total. The first-order chi connectivity index (χ1) is 15.6. The highest BCUT2D eigenvalue weighted by atomic mass is 16.5. The van der Waals surface area contributed by atoms with Crippen molar-refractivity contribution in [1.82, 2.24) is 0 Å². The number of carbonyl (C=O) groups is 1. The Labute approximate surface area is 199 Å². The van der Waals surface area contributed by atoms with Gasteiger partial charge in [0.2, 0.25) is 0 Å². The van der Waals surface area contributed by atoms with E-state index in [4.69, 9.17) is 9.84 Å². The summed E-state index contributed by atoms with van der Waals surface area (Å²) in [5.74, 6) is -0.330. The van der Waals surface area contributed by atoms with Crippen LogP contribution in [0.2, 0.25) is 0 Å². The summed E-state index contributed by atoms with van der Waals surface area (Å²) in [4.78, 5) is 10.8. The molecule has 0 heterocycles. The van der Waals surface area contributed by atoms with Crippen molar-refractivity contribution in [3.8, 4) is 0 Å². The average molecular weight is 467 g/mol. The van der Waals surface area contributed by atoms with Crippen LogP contribution in [0.5, 0.6) is 0 Å². The summed E-state index contributed by atoms with van der Waals surface area (Å²) in [5, 5.41) is 39.6. The zero-order valence-corrected chi connectivity index (χ0v) is 20.9. The Kier molecular flexibility index (Phi) is 11.1. The van der Waals surface area contributed by atoms with Crippen LogP contribution in [0.4, 0.5) is 0 Å². The predicted octanol–water partition coefficient (Wildman–Crippen LogP) is 4.47. The van der Waals surface area contributed by atoms with Gasteiger partial charge in [-0.15, -0.1) is 0 Å². The first kappa shape index (κ1) is 28.0. The summed E-state index contributed by atoms with van der Waals surface area (Å²) in [6.07, 6.45) is 9.86. The number of carboxylic acid groups (broad SMARTS) is 1. The largest absolute Gasteiger partial charge is 0.481 e. The lowest BCUT2D eigenvalue weighted by Gasteiger charge is -2.44. The van der Waals surface area contributed by atoms with Crippen LogP contribution in [0.15, 0.2) is 23.8 Å². The molecule has 0 aromatic heterocycles. The van der Waals surface area contributed by atoms with Crippen molar-refractivity contribution in [2.45, 2.75) is 110 Å². The minimum absolute atomic E-state index is 0.0681. The van der Waals surface area contributed by atoms with E-state index in [1.54, 1.807) is 0 Å². The van der Waals surface area contributed by atoms with Gasteiger partial charge in [0, 0.05) is 12.3 Å². The van der Waals surface area contributed by atoms with Crippen molar-refractivity contribution >= 4 is 5.97 Å². The van der Waals surface area contributed by atoms with Crippen LogP contribution in [0, 0.1) is 23.2 Å². The highest BCUT2D eigenvalue weighted by Gasteiger charge is 2.41. The summed E-state index contributed by atoms with van der Waals surface area (Å²) in [5.41, 5.74) is 1.29. The van der Waals surface area contributed by atoms with Crippen molar-refractivity contribution in [2.75, 3.05) is 6.61 Å². The van der Waals surface area contributed by atoms with E-state index < -0.39 is 24.3 Å². The minimum Gasteiger partial charge on any atom is -0.481 e. The molecular weight excluding hydrogens is 420 g/mol. The Morgan fingerprint density at radius 1 is 1.21 bits per heavy atom. The third-order valence-corrected chi connectivity index (χ3v) is 8.04. The van der Waals surface area contributed by atoms with Gasteiger partial charge in [0.05, 0.1) is 37.4 Å². The molecule has 0 aromatic carbocycles. The molecule has 2 rings (SSSR count). The van der Waals surface area contributed by atoms with Crippen LogP contribution < -0.4 is 0 Å². The van der Waals surface area contributed by atoms with Crippen molar-refractivity contribution in [3.63, 3.8) is 0 Å². The van der Waals surface area contributed by atoms with Crippen molar-refractivity contribution in [3.05, 3.63) is 23.8 Å². The van der Waals surface area contributed by atoms with E-state index in [0.717, 1.165) is 37.7 Å². The second kappa shape index (κ2) is 13.0. The molecule has 0 saturated carbocycles. The Morgan fingerprint density at radius 3 is 2.52 bits per heavy atom. The molecular formula is C27H46O6. The Hall–Kier alpha value is -1.21.